The van der Waals surface area contributed by atoms with Gasteiger partial charge >= 0.3 is 0 Å². The van der Waals surface area contributed by atoms with Crippen LogP contribution in [0.25, 0.3) is 0 Å². The highest BCUT2D eigenvalue weighted by molar-refractivity contribution is 5.99. The molecule has 0 bridgehead atoms. The van der Waals surface area contributed by atoms with Crippen LogP contribution in [0.15, 0.2) is 18.2 Å². The maximum Gasteiger partial charge on any atom is 0.256 e. The summed E-state index contributed by atoms with van der Waals surface area (Å²) in [5.74, 6) is 0.657. The molecular weight excluding hydrogens is 378 g/mol. The van der Waals surface area contributed by atoms with Crippen LogP contribution in [0, 0.1) is 12.8 Å². The number of methoxy groups -OCH3 is 1. The van der Waals surface area contributed by atoms with Gasteiger partial charge in [0.05, 0.1) is 0 Å². The van der Waals surface area contributed by atoms with Crippen molar-refractivity contribution in [2.45, 2.75) is 45.1 Å². The Morgan fingerprint density at radius 2 is 1.86 bits per heavy atom. The number of carbonyl (C=O) groups excluding carboxylic acids is 2. The number of aryl methyl sites for hydroxylation is 1. The lowest BCUT2D eigenvalue weighted by Gasteiger charge is -2.35. The number of anilines is 1. The first-order valence-electron chi connectivity index (χ1n) is 9.92. The van der Waals surface area contributed by atoms with Crippen molar-refractivity contribution in [2.75, 3.05) is 38.6 Å². The molecule has 2 N–H and O–H groups in total. The fourth-order valence-electron chi connectivity index (χ4n) is 3.92. The number of nitrogens with one attached hydrogen (secondary N) is 2. The number of ether oxygens (including phenoxy) is 1. The Bertz CT molecular complexity index is 696. The minimum atomic E-state index is -0.781. The zero-order valence-corrected chi connectivity index (χ0v) is 17.9. The number of halogens is 1. The molecule has 0 atom stereocenters. The smallest absolute Gasteiger partial charge is 0.256 e. The summed E-state index contributed by atoms with van der Waals surface area (Å²) in [4.78, 5) is 27.5. The number of carbonyl (C=O) groups is 2. The van der Waals surface area contributed by atoms with E-state index >= 15 is 0 Å². The molecule has 2 amide bonds. The van der Waals surface area contributed by atoms with E-state index in [1.807, 2.05) is 30.0 Å². The molecule has 2 heterocycles. The summed E-state index contributed by atoms with van der Waals surface area (Å²) in [7, 11) is 1.60. The standard InChI is InChI=1S/C21H31N3O3.ClH/c1-15-6-12-24(13-7-15)19(25)17-4-5-18(16(2)14-17)23-20(26)21(27-3)8-10-22-11-9-21;/h4-5,14-15,22H,6-13H2,1-3H3,(H,23,26);1H. The molecule has 2 aliphatic heterocycles. The normalized spacial score (nSPS) is 19.6. The molecule has 1 aromatic rings. The predicted octanol–water partition coefficient (Wildman–Crippen LogP) is 3.00. The van der Waals surface area contributed by atoms with E-state index in [2.05, 4.69) is 17.6 Å². The Morgan fingerprint density at radius 3 is 2.43 bits per heavy atom. The number of likely N-dealkylation sites (tertiary alicyclic amines) is 1. The molecule has 3 rings (SSSR count). The van der Waals surface area contributed by atoms with Crippen LogP contribution in [0.2, 0.25) is 0 Å². The number of benzene rings is 1. The van der Waals surface area contributed by atoms with Crippen LogP contribution in [0.1, 0.15) is 48.5 Å². The molecule has 2 aliphatic rings. The summed E-state index contributed by atoms with van der Waals surface area (Å²) >= 11 is 0. The first kappa shape index (κ1) is 22.7. The van der Waals surface area contributed by atoms with Crippen LogP contribution in [0.5, 0.6) is 0 Å². The Balaban J connectivity index is 0.00000280. The minimum absolute atomic E-state index is 0. The Kier molecular flexibility index (Phi) is 7.87. The number of rotatable bonds is 4. The molecule has 2 fully saturated rings. The molecule has 7 heteroatoms. The second kappa shape index (κ2) is 9.72. The average Bonchev–Trinajstić information content (AvgIpc) is 2.70. The largest absolute Gasteiger partial charge is 0.368 e. The highest BCUT2D eigenvalue weighted by Gasteiger charge is 2.39. The number of nitrogens with zero attached hydrogens (tertiary/aromatic N) is 1. The van der Waals surface area contributed by atoms with Crippen LogP contribution in [-0.2, 0) is 9.53 Å². The maximum absolute atomic E-state index is 12.8. The van der Waals surface area contributed by atoms with Crippen LogP contribution >= 0.6 is 12.4 Å². The van der Waals surface area contributed by atoms with E-state index in [4.69, 9.17) is 4.74 Å². The second-order valence-electron chi connectivity index (χ2n) is 7.91. The van der Waals surface area contributed by atoms with Gasteiger partial charge in [-0.1, -0.05) is 6.92 Å². The lowest BCUT2D eigenvalue weighted by atomic mass is 9.91. The first-order chi connectivity index (χ1) is 12.9. The van der Waals surface area contributed by atoms with Crippen LogP contribution in [0.4, 0.5) is 5.69 Å². The number of piperidine rings is 2. The van der Waals surface area contributed by atoms with Gasteiger partial charge in [0, 0.05) is 31.5 Å². The minimum Gasteiger partial charge on any atom is -0.368 e. The summed E-state index contributed by atoms with van der Waals surface area (Å²) in [6.45, 7) is 7.33. The topological polar surface area (TPSA) is 70.7 Å². The third-order valence-electron chi connectivity index (χ3n) is 6.01. The Morgan fingerprint density at radius 1 is 1.21 bits per heavy atom. The zero-order chi connectivity index (χ0) is 19.4. The molecule has 28 heavy (non-hydrogen) atoms. The van der Waals surface area contributed by atoms with Crippen molar-refractivity contribution in [3.63, 3.8) is 0 Å². The highest BCUT2D eigenvalue weighted by atomic mass is 35.5. The lowest BCUT2D eigenvalue weighted by Crippen LogP contribution is -2.51. The van der Waals surface area contributed by atoms with Crippen molar-refractivity contribution < 1.29 is 14.3 Å². The van der Waals surface area contributed by atoms with Crippen molar-refractivity contribution in [1.82, 2.24) is 10.2 Å². The summed E-state index contributed by atoms with van der Waals surface area (Å²) in [5, 5.41) is 6.26. The van der Waals surface area contributed by atoms with E-state index in [1.165, 1.54) is 0 Å². The van der Waals surface area contributed by atoms with Gasteiger partial charge in [0.2, 0.25) is 0 Å². The molecule has 6 nitrogen and oxygen atoms in total. The van der Waals surface area contributed by atoms with Gasteiger partial charge in [-0.2, -0.15) is 0 Å². The van der Waals surface area contributed by atoms with Gasteiger partial charge in [0.1, 0.15) is 5.60 Å². The summed E-state index contributed by atoms with van der Waals surface area (Å²) in [6, 6.07) is 5.51. The van der Waals surface area contributed by atoms with Gasteiger partial charge in [-0.05, 0) is 75.4 Å². The van der Waals surface area contributed by atoms with Crippen molar-refractivity contribution in [1.29, 1.82) is 0 Å². The van der Waals surface area contributed by atoms with E-state index in [0.29, 0.717) is 24.3 Å². The predicted molar refractivity (Wildman–Crippen MR) is 113 cm³/mol. The summed E-state index contributed by atoms with van der Waals surface area (Å²) < 4.78 is 5.59. The van der Waals surface area contributed by atoms with Gasteiger partial charge in [-0.3, -0.25) is 9.59 Å². The van der Waals surface area contributed by atoms with E-state index in [-0.39, 0.29) is 24.2 Å². The molecule has 0 aromatic heterocycles. The third kappa shape index (κ3) is 4.85. The molecule has 156 valence electrons. The maximum atomic E-state index is 12.8. The second-order valence-corrected chi connectivity index (χ2v) is 7.91. The van der Waals surface area contributed by atoms with Crippen LogP contribution in [0.3, 0.4) is 0 Å². The van der Waals surface area contributed by atoms with Crippen molar-refractivity contribution >= 4 is 29.9 Å². The van der Waals surface area contributed by atoms with Crippen molar-refractivity contribution in [2.24, 2.45) is 5.92 Å². The Hall–Kier alpha value is -1.63. The first-order valence-corrected chi connectivity index (χ1v) is 9.92. The average molecular weight is 410 g/mol. The molecule has 0 radical (unpaired) electrons. The van der Waals surface area contributed by atoms with Crippen molar-refractivity contribution in [3.8, 4) is 0 Å². The van der Waals surface area contributed by atoms with Gasteiger partial charge in [0.15, 0.2) is 0 Å². The molecule has 1 aromatic carbocycles. The van der Waals surface area contributed by atoms with E-state index in [0.717, 1.165) is 50.3 Å². The third-order valence-corrected chi connectivity index (χ3v) is 6.01. The molecular formula is C21H32ClN3O3. The number of hydrogen-bond donors (Lipinski definition) is 2. The lowest BCUT2D eigenvalue weighted by molar-refractivity contribution is -0.140. The SMILES string of the molecule is COC1(C(=O)Nc2ccc(C(=O)N3CCC(C)CC3)cc2C)CCNCC1.Cl. The molecule has 2 saturated heterocycles. The van der Waals surface area contributed by atoms with Gasteiger partial charge in [-0.25, -0.2) is 0 Å². The fourth-order valence-corrected chi connectivity index (χ4v) is 3.92. The molecule has 0 spiro atoms. The van der Waals surface area contributed by atoms with E-state index < -0.39 is 5.60 Å². The molecule has 0 unspecified atom stereocenters. The quantitative estimate of drug-likeness (QED) is 0.801. The van der Waals surface area contributed by atoms with Gasteiger partial charge < -0.3 is 20.3 Å². The fraction of sp³-hybridized carbons (Fsp3) is 0.619. The number of amides is 2. The van der Waals surface area contributed by atoms with E-state index in [1.54, 1.807) is 7.11 Å². The van der Waals surface area contributed by atoms with Crippen LogP contribution < -0.4 is 10.6 Å². The van der Waals surface area contributed by atoms with E-state index in [9.17, 15) is 9.59 Å². The summed E-state index contributed by atoms with van der Waals surface area (Å²) in [6.07, 6.45) is 3.43. The van der Waals surface area contributed by atoms with Crippen LogP contribution in [-0.4, -0.2) is 55.6 Å². The van der Waals surface area contributed by atoms with Gasteiger partial charge in [-0.15, -0.1) is 12.4 Å². The monoisotopic (exact) mass is 409 g/mol. The zero-order valence-electron chi connectivity index (χ0n) is 17.0. The molecule has 0 aliphatic carbocycles. The summed E-state index contributed by atoms with van der Waals surface area (Å²) in [5.41, 5.74) is 1.53. The van der Waals surface area contributed by atoms with Crippen molar-refractivity contribution in [3.05, 3.63) is 29.3 Å². The number of hydrogen-bond acceptors (Lipinski definition) is 4. The highest BCUT2D eigenvalue weighted by Crippen LogP contribution is 2.26. The Labute approximate surface area is 173 Å². The molecule has 0 saturated carbocycles. The van der Waals surface area contributed by atoms with Gasteiger partial charge in [0.25, 0.3) is 11.8 Å².